The summed E-state index contributed by atoms with van der Waals surface area (Å²) in [5.41, 5.74) is 2.31. The lowest BCUT2D eigenvalue weighted by Crippen LogP contribution is -2.20. The molecular weight excluding hydrogens is 252 g/mol. The molecule has 0 aliphatic carbocycles. The van der Waals surface area contributed by atoms with Crippen LogP contribution in [0, 0.1) is 0 Å². The number of anilines is 1. The largest absolute Gasteiger partial charge is 0.351 e. The van der Waals surface area contributed by atoms with E-state index in [1.54, 1.807) is 11.3 Å². The van der Waals surface area contributed by atoms with E-state index in [1.807, 2.05) is 11.4 Å². The van der Waals surface area contributed by atoms with Gasteiger partial charge >= 0.3 is 0 Å². The summed E-state index contributed by atoms with van der Waals surface area (Å²) in [6.07, 6.45) is 1.03. The summed E-state index contributed by atoms with van der Waals surface area (Å²) < 4.78 is 0. The number of hydrogen-bond acceptors (Lipinski definition) is 3. The van der Waals surface area contributed by atoms with E-state index in [2.05, 4.69) is 41.2 Å². The van der Waals surface area contributed by atoms with Gasteiger partial charge in [0.1, 0.15) is 0 Å². The van der Waals surface area contributed by atoms with Crippen LogP contribution in [0.15, 0.2) is 35.7 Å². The summed E-state index contributed by atoms with van der Waals surface area (Å²) >= 11 is 7.39. The maximum Gasteiger partial charge on any atom is 0.185 e. The van der Waals surface area contributed by atoms with E-state index in [-0.39, 0.29) is 0 Å². The van der Waals surface area contributed by atoms with Crippen molar-refractivity contribution in [3.05, 3.63) is 47.0 Å². The summed E-state index contributed by atoms with van der Waals surface area (Å²) in [6, 6.07) is 10.5. The highest BCUT2D eigenvalue weighted by molar-refractivity contribution is 7.13. The fourth-order valence-corrected chi connectivity index (χ4v) is 2.62. The molecule has 1 aromatic carbocycles. The summed E-state index contributed by atoms with van der Waals surface area (Å²) in [4.78, 5) is 6.63. The fraction of sp³-hybridized carbons (Fsp3) is 0.308. The Morgan fingerprint density at radius 1 is 1.29 bits per heavy atom. The number of thiazole rings is 1. The van der Waals surface area contributed by atoms with Crippen molar-refractivity contribution in [2.24, 2.45) is 0 Å². The Balaban J connectivity index is 1.91. The maximum absolute atomic E-state index is 5.74. The number of hydrogen-bond donors (Lipinski definition) is 0. The molecule has 17 heavy (non-hydrogen) atoms. The Morgan fingerprint density at radius 3 is 2.71 bits per heavy atom. The third-order valence-electron chi connectivity index (χ3n) is 2.58. The van der Waals surface area contributed by atoms with Crippen LogP contribution < -0.4 is 4.90 Å². The third-order valence-corrected chi connectivity index (χ3v) is 3.86. The summed E-state index contributed by atoms with van der Waals surface area (Å²) in [5, 5.41) is 3.05. The molecule has 0 spiro atoms. The third kappa shape index (κ3) is 3.45. The monoisotopic (exact) mass is 266 g/mol. The minimum absolute atomic E-state index is 0.489. The van der Waals surface area contributed by atoms with Crippen LogP contribution in [-0.2, 0) is 12.3 Å². The lowest BCUT2D eigenvalue weighted by Gasteiger charge is -2.15. The van der Waals surface area contributed by atoms with Crippen LogP contribution in [0.2, 0.25) is 0 Å². The second kappa shape index (κ2) is 6.03. The first kappa shape index (κ1) is 12.4. The zero-order chi connectivity index (χ0) is 12.1. The lowest BCUT2D eigenvalue weighted by molar-refractivity contribution is 0.869. The molecule has 2 aromatic rings. The molecule has 2 rings (SSSR count). The highest BCUT2D eigenvalue weighted by atomic mass is 35.5. The smallest absolute Gasteiger partial charge is 0.185 e. The van der Waals surface area contributed by atoms with E-state index < -0.39 is 0 Å². The van der Waals surface area contributed by atoms with Gasteiger partial charge in [-0.1, -0.05) is 30.3 Å². The molecule has 0 unspecified atom stereocenters. The molecule has 1 aromatic heterocycles. The number of nitrogens with zero attached hydrogens (tertiary/aromatic N) is 2. The summed E-state index contributed by atoms with van der Waals surface area (Å²) in [5.74, 6) is 0.489. The number of rotatable bonds is 5. The van der Waals surface area contributed by atoms with E-state index in [0.717, 1.165) is 23.8 Å². The molecule has 1 heterocycles. The van der Waals surface area contributed by atoms with Crippen molar-refractivity contribution in [1.82, 2.24) is 4.98 Å². The number of aromatic nitrogens is 1. The maximum atomic E-state index is 5.74. The van der Waals surface area contributed by atoms with E-state index in [1.165, 1.54) is 5.56 Å². The molecule has 0 saturated heterocycles. The normalized spacial score (nSPS) is 10.5. The predicted molar refractivity (Wildman–Crippen MR) is 75.1 cm³/mol. The second-order valence-corrected chi connectivity index (χ2v) is 5.02. The fourth-order valence-electron chi connectivity index (χ4n) is 1.57. The molecular formula is C13H15ClN2S. The van der Waals surface area contributed by atoms with Crippen molar-refractivity contribution in [1.29, 1.82) is 0 Å². The van der Waals surface area contributed by atoms with Gasteiger partial charge in [0.2, 0.25) is 0 Å². The van der Waals surface area contributed by atoms with Crippen LogP contribution in [0.25, 0.3) is 0 Å². The Bertz CT molecular complexity index is 455. The summed E-state index contributed by atoms with van der Waals surface area (Å²) in [7, 11) is 2.07. The number of alkyl halides is 1. The van der Waals surface area contributed by atoms with Crippen LogP contribution in [-0.4, -0.2) is 18.6 Å². The van der Waals surface area contributed by atoms with Crippen LogP contribution in [0.4, 0.5) is 5.13 Å². The first-order chi connectivity index (χ1) is 8.29. The molecule has 0 aliphatic heterocycles. The van der Waals surface area contributed by atoms with Crippen molar-refractivity contribution in [3.8, 4) is 0 Å². The first-order valence-electron chi connectivity index (χ1n) is 5.55. The SMILES string of the molecule is CN(CCc1ccccc1)c1nc(CCl)cs1. The molecule has 0 saturated carbocycles. The van der Waals surface area contributed by atoms with Crippen LogP contribution in [0.5, 0.6) is 0 Å². The standard InChI is InChI=1S/C13H15ClN2S/c1-16(13-15-12(9-14)10-17-13)8-7-11-5-3-2-4-6-11/h2-6,10H,7-9H2,1H3. The average Bonchev–Trinajstić information content (AvgIpc) is 2.86. The van der Waals surface area contributed by atoms with Gasteiger partial charge in [-0.2, -0.15) is 0 Å². The molecule has 0 atom stereocenters. The molecule has 0 bridgehead atoms. The molecule has 0 N–H and O–H groups in total. The average molecular weight is 267 g/mol. The number of likely N-dealkylation sites (N-methyl/N-ethyl adjacent to an activating group) is 1. The molecule has 0 radical (unpaired) electrons. The molecule has 90 valence electrons. The Hall–Kier alpha value is -1.06. The van der Waals surface area contributed by atoms with Gasteiger partial charge in [-0.25, -0.2) is 4.98 Å². The van der Waals surface area contributed by atoms with E-state index in [0.29, 0.717) is 5.88 Å². The zero-order valence-corrected chi connectivity index (χ0v) is 11.3. The van der Waals surface area contributed by atoms with Gasteiger partial charge in [0.05, 0.1) is 11.6 Å². The highest BCUT2D eigenvalue weighted by Crippen LogP contribution is 2.20. The minimum Gasteiger partial charge on any atom is -0.351 e. The number of halogens is 1. The van der Waals surface area contributed by atoms with E-state index in [9.17, 15) is 0 Å². The van der Waals surface area contributed by atoms with Crippen LogP contribution in [0.1, 0.15) is 11.3 Å². The Kier molecular flexibility index (Phi) is 4.40. The van der Waals surface area contributed by atoms with Gasteiger partial charge < -0.3 is 4.90 Å². The Labute approximate surface area is 111 Å². The molecule has 0 amide bonds. The minimum atomic E-state index is 0.489. The van der Waals surface area contributed by atoms with E-state index >= 15 is 0 Å². The van der Waals surface area contributed by atoms with Crippen LogP contribution >= 0.6 is 22.9 Å². The van der Waals surface area contributed by atoms with Gasteiger partial charge in [-0.15, -0.1) is 22.9 Å². The van der Waals surface area contributed by atoms with Crippen molar-refractivity contribution in [2.75, 3.05) is 18.5 Å². The quantitative estimate of drug-likeness (QED) is 0.770. The summed E-state index contributed by atoms with van der Waals surface area (Å²) in [6.45, 7) is 0.971. The second-order valence-electron chi connectivity index (χ2n) is 3.91. The van der Waals surface area contributed by atoms with Gasteiger partial charge in [0.15, 0.2) is 5.13 Å². The highest BCUT2D eigenvalue weighted by Gasteiger charge is 2.06. The lowest BCUT2D eigenvalue weighted by atomic mass is 10.1. The van der Waals surface area contributed by atoms with Gasteiger partial charge in [-0.3, -0.25) is 0 Å². The zero-order valence-electron chi connectivity index (χ0n) is 9.77. The van der Waals surface area contributed by atoms with Crippen molar-refractivity contribution < 1.29 is 0 Å². The van der Waals surface area contributed by atoms with Crippen molar-refractivity contribution >= 4 is 28.1 Å². The predicted octanol–water partition coefficient (Wildman–Crippen LogP) is 3.56. The topological polar surface area (TPSA) is 16.1 Å². The van der Waals surface area contributed by atoms with Crippen molar-refractivity contribution in [2.45, 2.75) is 12.3 Å². The molecule has 2 nitrogen and oxygen atoms in total. The molecule has 4 heteroatoms. The van der Waals surface area contributed by atoms with Gasteiger partial charge in [0, 0.05) is 19.0 Å². The molecule has 0 aliphatic rings. The van der Waals surface area contributed by atoms with E-state index in [4.69, 9.17) is 11.6 Å². The van der Waals surface area contributed by atoms with Crippen LogP contribution in [0.3, 0.4) is 0 Å². The first-order valence-corrected chi connectivity index (χ1v) is 6.96. The van der Waals surface area contributed by atoms with Gasteiger partial charge in [0.25, 0.3) is 0 Å². The Morgan fingerprint density at radius 2 is 2.06 bits per heavy atom. The van der Waals surface area contributed by atoms with Gasteiger partial charge in [-0.05, 0) is 12.0 Å². The molecule has 0 fully saturated rings. The van der Waals surface area contributed by atoms with Crippen molar-refractivity contribution in [3.63, 3.8) is 0 Å². The number of benzene rings is 1.